The molecule has 1 saturated heterocycles. The van der Waals surface area contributed by atoms with Crippen LogP contribution >= 0.6 is 0 Å². The standard InChI is InChI=1S/C14H14F3N3O/c15-14(16,17)10-2-1-5-20(7-10)13(21)9-3-4-11-12(6-9)19-8-18-11/h3-4,6,8,10H,1-2,5,7H2,(H,18,19). The summed E-state index contributed by atoms with van der Waals surface area (Å²) in [5, 5.41) is 0. The Balaban J connectivity index is 1.80. The monoisotopic (exact) mass is 297 g/mol. The summed E-state index contributed by atoms with van der Waals surface area (Å²) in [6.07, 6.45) is -2.26. The molecule has 0 saturated carbocycles. The second-order valence-corrected chi connectivity index (χ2v) is 5.27. The first-order valence-corrected chi connectivity index (χ1v) is 6.74. The molecule has 4 nitrogen and oxygen atoms in total. The van der Waals surface area contributed by atoms with E-state index in [1.54, 1.807) is 18.2 Å². The maximum atomic E-state index is 12.8. The van der Waals surface area contributed by atoms with Gasteiger partial charge in [0.05, 0.1) is 23.3 Å². The summed E-state index contributed by atoms with van der Waals surface area (Å²) in [7, 11) is 0. The molecule has 1 aromatic carbocycles. The van der Waals surface area contributed by atoms with Gasteiger partial charge in [0.1, 0.15) is 0 Å². The van der Waals surface area contributed by atoms with Gasteiger partial charge in [-0.2, -0.15) is 13.2 Å². The van der Waals surface area contributed by atoms with Crippen LogP contribution in [0.2, 0.25) is 0 Å². The molecule has 3 rings (SSSR count). The van der Waals surface area contributed by atoms with E-state index in [4.69, 9.17) is 0 Å². The van der Waals surface area contributed by atoms with Gasteiger partial charge >= 0.3 is 6.18 Å². The number of rotatable bonds is 1. The van der Waals surface area contributed by atoms with Gasteiger partial charge in [0.2, 0.25) is 0 Å². The summed E-state index contributed by atoms with van der Waals surface area (Å²) in [6, 6.07) is 4.91. The van der Waals surface area contributed by atoms with Gasteiger partial charge in [0.25, 0.3) is 5.91 Å². The third kappa shape index (κ3) is 2.72. The quantitative estimate of drug-likeness (QED) is 0.879. The second-order valence-electron chi connectivity index (χ2n) is 5.27. The van der Waals surface area contributed by atoms with Crippen LogP contribution in [0.1, 0.15) is 23.2 Å². The number of hydrogen-bond donors (Lipinski definition) is 1. The number of aromatic nitrogens is 2. The fourth-order valence-electron chi connectivity index (χ4n) is 2.68. The number of fused-ring (bicyclic) bond motifs is 1. The zero-order chi connectivity index (χ0) is 15.0. The molecule has 1 unspecified atom stereocenters. The van der Waals surface area contributed by atoms with Crippen LogP contribution in [0.25, 0.3) is 11.0 Å². The number of H-pyrrole nitrogens is 1. The van der Waals surface area contributed by atoms with Crippen molar-refractivity contribution in [2.75, 3.05) is 13.1 Å². The summed E-state index contributed by atoms with van der Waals surface area (Å²) in [5.74, 6) is -1.79. The maximum absolute atomic E-state index is 12.8. The number of halogens is 3. The number of likely N-dealkylation sites (tertiary alicyclic amines) is 1. The number of benzene rings is 1. The van der Waals surface area contributed by atoms with Crippen LogP contribution < -0.4 is 0 Å². The van der Waals surface area contributed by atoms with Crippen LogP contribution in [-0.2, 0) is 0 Å². The Morgan fingerprint density at radius 1 is 1.38 bits per heavy atom. The van der Waals surface area contributed by atoms with Crippen molar-refractivity contribution in [2.45, 2.75) is 19.0 Å². The number of imidazole rings is 1. The fourth-order valence-corrected chi connectivity index (χ4v) is 2.68. The molecular formula is C14H14F3N3O. The van der Waals surface area contributed by atoms with Crippen LogP contribution in [0.3, 0.4) is 0 Å². The van der Waals surface area contributed by atoms with Crippen molar-refractivity contribution in [3.8, 4) is 0 Å². The van der Waals surface area contributed by atoms with Crippen molar-refractivity contribution in [3.05, 3.63) is 30.1 Å². The molecular weight excluding hydrogens is 283 g/mol. The molecule has 2 heterocycles. The summed E-state index contributed by atoms with van der Waals surface area (Å²) in [6.45, 7) is 0.107. The average molecular weight is 297 g/mol. The summed E-state index contributed by atoms with van der Waals surface area (Å²) in [5.41, 5.74) is 1.80. The number of carbonyl (C=O) groups excluding carboxylic acids is 1. The minimum atomic E-state index is -4.24. The molecule has 1 atom stereocenters. The number of carbonyl (C=O) groups is 1. The molecule has 1 fully saturated rings. The van der Waals surface area contributed by atoms with E-state index < -0.39 is 12.1 Å². The summed E-state index contributed by atoms with van der Waals surface area (Å²) in [4.78, 5) is 20.6. The van der Waals surface area contributed by atoms with Gasteiger partial charge in [-0.3, -0.25) is 4.79 Å². The first kappa shape index (κ1) is 13.9. The van der Waals surface area contributed by atoms with E-state index in [1.165, 1.54) is 11.2 Å². The Hall–Kier alpha value is -2.05. The third-order valence-electron chi connectivity index (χ3n) is 3.84. The molecule has 1 amide bonds. The SMILES string of the molecule is O=C(c1ccc2nc[nH]c2c1)N1CCCC(C(F)(F)F)C1. The predicted molar refractivity (Wildman–Crippen MR) is 70.8 cm³/mol. The van der Waals surface area contributed by atoms with Gasteiger partial charge < -0.3 is 9.88 Å². The lowest BCUT2D eigenvalue weighted by Crippen LogP contribution is -2.44. The van der Waals surface area contributed by atoms with Gasteiger partial charge in [-0.25, -0.2) is 4.98 Å². The first-order chi connectivity index (χ1) is 9.95. The Labute approximate surface area is 119 Å². The molecule has 1 aliphatic heterocycles. The topological polar surface area (TPSA) is 49.0 Å². The first-order valence-electron chi connectivity index (χ1n) is 6.74. The zero-order valence-electron chi connectivity index (χ0n) is 11.2. The number of amides is 1. The van der Waals surface area contributed by atoms with Crippen molar-refractivity contribution in [1.82, 2.24) is 14.9 Å². The highest BCUT2D eigenvalue weighted by Crippen LogP contribution is 2.33. The van der Waals surface area contributed by atoms with E-state index in [2.05, 4.69) is 9.97 Å². The van der Waals surface area contributed by atoms with Crippen LogP contribution in [-0.4, -0.2) is 40.0 Å². The van der Waals surface area contributed by atoms with Crippen molar-refractivity contribution in [1.29, 1.82) is 0 Å². The highest BCUT2D eigenvalue weighted by atomic mass is 19.4. The Kier molecular flexibility index (Phi) is 3.35. The molecule has 0 radical (unpaired) electrons. The van der Waals surface area contributed by atoms with Gasteiger partial charge in [0, 0.05) is 18.7 Å². The number of hydrogen-bond acceptors (Lipinski definition) is 2. The van der Waals surface area contributed by atoms with Gasteiger partial charge in [0.15, 0.2) is 0 Å². The molecule has 1 aliphatic rings. The lowest BCUT2D eigenvalue weighted by atomic mass is 9.97. The fraction of sp³-hybridized carbons (Fsp3) is 0.429. The largest absolute Gasteiger partial charge is 0.393 e. The number of nitrogens with one attached hydrogen (secondary N) is 1. The maximum Gasteiger partial charge on any atom is 0.393 e. The molecule has 7 heteroatoms. The minimum Gasteiger partial charge on any atom is -0.345 e. The van der Waals surface area contributed by atoms with Crippen molar-refractivity contribution in [3.63, 3.8) is 0 Å². The van der Waals surface area contributed by atoms with Crippen LogP contribution in [0.15, 0.2) is 24.5 Å². The van der Waals surface area contributed by atoms with Crippen molar-refractivity contribution >= 4 is 16.9 Å². The van der Waals surface area contributed by atoms with Gasteiger partial charge in [-0.05, 0) is 31.0 Å². The van der Waals surface area contributed by atoms with Gasteiger partial charge in [-0.15, -0.1) is 0 Å². The normalized spacial score (nSPS) is 20.0. The number of nitrogens with zero attached hydrogens (tertiary/aromatic N) is 2. The van der Waals surface area contributed by atoms with Crippen LogP contribution in [0, 0.1) is 5.92 Å². The Morgan fingerprint density at radius 3 is 2.95 bits per heavy atom. The van der Waals surface area contributed by atoms with E-state index in [9.17, 15) is 18.0 Å². The molecule has 112 valence electrons. The van der Waals surface area contributed by atoms with Crippen LogP contribution in [0.4, 0.5) is 13.2 Å². The molecule has 1 aromatic heterocycles. The minimum absolute atomic E-state index is 0.0901. The van der Waals surface area contributed by atoms with E-state index in [1.807, 2.05) is 0 Å². The number of piperidine rings is 1. The highest BCUT2D eigenvalue weighted by molar-refractivity contribution is 5.97. The summed E-state index contributed by atoms with van der Waals surface area (Å²) < 4.78 is 38.4. The number of aromatic amines is 1. The number of alkyl halides is 3. The molecule has 0 bridgehead atoms. The third-order valence-corrected chi connectivity index (χ3v) is 3.84. The highest BCUT2D eigenvalue weighted by Gasteiger charge is 2.42. The van der Waals surface area contributed by atoms with Crippen LogP contribution in [0.5, 0.6) is 0 Å². The molecule has 0 spiro atoms. The molecule has 2 aromatic rings. The predicted octanol–water partition coefficient (Wildman–Crippen LogP) is 2.98. The van der Waals surface area contributed by atoms with Crippen molar-refractivity contribution < 1.29 is 18.0 Å². The lowest BCUT2D eigenvalue weighted by molar-refractivity contribution is -0.184. The smallest absolute Gasteiger partial charge is 0.345 e. The van der Waals surface area contributed by atoms with E-state index >= 15 is 0 Å². The average Bonchev–Trinajstić information content (AvgIpc) is 2.93. The molecule has 1 N–H and O–H groups in total. The Morgan fingerprint density at radius 2 is 2.19 bits per heavy atom. The van der Waals surface area contributed by atoms with E-state index in [-0.39, 0.29) is 18.9 Å². The van der Waals surface area contributed by atoms with E-state index in [0.29, 0.717) is 24.0 Å². The van der Waals surface area contributed by atoms with Gasteiger partial charge in [-0.1, -0.05) is 0 Å². The van der Waals surface area contributed by atoms with Crippen molar-refractivity contribution in [2.24, 2.45) is 5.92 Å². The molecule has 0 aliphatic carbocycles. The van der Waals surface area contributed by atoms with E-state index in [0.717, 1.165) is 5.52 Å². The molecule has 21 heavy (non-hydrogen) atoms. The zero-order valence-corrected chi connectivity index (χ0v) is 11.2. The second kappa shape index (κ2) is 5.05. The summed E-state index contributed by atoms with van der Waals surface area (Å²) >= 11 is 0. The Bertz CT molecular complexity index is 665. The lowest BCUT2D eigenvalue weighted by Gasteiger charge is -2.33.